The molecule has 0 aliphatic rings. The number of rotatable bonds is 10. The minimum absolute atomic E-state index is 0.0608. The molecule has 0 saturated heterocycles. The zero-order chi connectivity index (χ0) is 25.9. The first-order valence-electron chi connectivity index (χ1n) is 12.8. The predicted octanol–water partition coefficient (Wildman–Crippen LogP) is 5.22. The molecule has 1 N–H and O–H groups in total. The summed E-state index contributed by atoms with van der Waals surface area (Å²) >= 11 is 0. The van der Waals surface area contributed by atoms with Crippen molar-refractivity contribution in [1.29, 1.82) is 0 Å². The molecule has 0 aliphatic carbocycles. The second kappa shape index (κ2) is 10.7. The van der Waals surface area contributed by atoms with Crippen LogP contribution in [0.2, 0.25) is 0 Å². The van der Waals surface area contributed by atoms with Crippen LogP contribution < -0.4 is 5.56 Å². The molecular formula is C28H37N7O. The molecule has 0 fully saturated rings. The zero-order valence-electron chi connectivity index (χ0n) is 22.2. The lowest BCUT2D eigenvalue weighted by Gasteiger charge is -2.33. The molecule has 36 heavy (non-hydrogen) atoms. The topological polar surface area (TPSA) is 92.6 Å². The molecular weight excluding hydrogens is 450 g/mol. The highest BCUT2D eigenvalue weighted by Gasteiger charge is 2.31. The van der Waals surface area contributed by atoms with Crippen LogP contribution in [-0.2, 0) is 18.6 Å². The predicted molar refractivity (Wildman–Crippen MR) is 143 cm³/mol. The summed E-state index contributed by atoms with van der Waals surface area (Å²) in [6.45, 7) is 13.8. The van der Waals surface area contributed by atoms with Crippen LogP contribution in [0.3, 0.4) is 0 Å². The molecule has 1 aromatic carbocycles. The van der Waals surface area contributed by atoms with Crippen molar-refractivity contribution in [3.63, 3.8) is 0 Å². The molecule has 8 nitrogen and oxygen atoms in total. The van der Waals surface area contributed by atoms with Gasteiger partial charge in [0.2, 0.25) is 0 Å². The van der Waals surface area contributed by atoms with E-state index < -0.39 is 0 Å². The quantitative estimate of drug-likeness (QED) is 0.330. The fourth-order valence-electron chi connectivity index (χ4n) is 4.80. The number of benzene rings is 1. The first kappa shape index (κ1) is 25.7. The standard InChI is InChI=1S/C28H37N7O/c1-7-10-24(26-31-32-33-35(26)28(5,6)8-2)34(17-21-11-9-12-29-16-21)18-23-15-22-14-19(3)13-20(4)25(22)30-27(23)36/h9,11-16,24H,7-8,10,17-18H2,1-6H3,(H,30,36). The normalized spacial score (nSPS) is 13.0. The molecule has 0 spiro atoms. The van der Waals surface area contributed by atoms with Gasteiger partial charge >= 0.3 is 0 Å². The number of aryl methyl sites for hydroxylation is 2. The van der Waals surface area contributed by atoms with Crippen LogP contribution in [0.15, 0.2) is 47.5 Å². The highest BCUT2D eigenvalue weighted by Crippen LogP contribution is 2.31. The molecule has 3 heterocycles. The Balaban J connectivity index is 1.81. The van der Waals surface area contributed by atoms with Gasteiger partial charge in [-0.1, -0.05) is 38.0 Å². The summed E-state index contributed by atoms with van der Waals surface area (Å²) in [5.41, 5.74) is 4.67. The SMILES string of the molecule is CCCC(c1nnnn1C(C)(C)CC)N(Cc1cccnc1)Cc1cc2cc(C)cc(C)c2[nH]c1=O. The van der Waals surface area contributed by atoms with Crippen LogP contribution in [-0.4, -0.2) is 35.1 Å². The molecule has 3 aromatic heterocycles. The third kappa shape index (κ3) is 5.38. The van der Waals surface area contributed by atoms with Gasteiger partial charge in [0, 0.05) is 31.0 Å². The molecule has 8 heteroatoms. The number of hydrogen-bond donors (Lipinski definition) is 1. The number of fused-ring (bicyclic) bond motifs is 1. The number of nitrogens with one attached hydrogen (secondary N) is 1. The van der Waals surface area contributed by atoms with E-state index in [0.29, 0.717) is 13.1 Å². The van der Waals surface area contributed by atoms with Gasteiger partial charge in [0.1, 0.15) is 0 Å². The van der Waals surface area contributed by atoms with Gasteiger partial charge in [-0.2, -0.15) is 0 Å². The number of pyridine rings is 2. The van der Waals surface area contributed by atoms with E-state index in [9.17, 15) is 4.79 Å². The average Bonchev–Trinajstić information content (AvgIpc) is 3.34. The van der Waals surface area contributed by atoms with E-state index in [0.717, 1.165) is 52.7 Å². The van der Waals surface area contributed by atoms with E-state index in [1.165, 1.54) is 5.56 Å². The van der Waals surface area contributed by atoms with Gasteiger partial charge in [0.15, 0.2) is 5.82 Å². The van der Waals surface area contributed by atoms with E-state index in [1.807, 2.05) is 29.9 Å². The Hall–Kier alpha value is -3.39. The van der Waals surface area contributed by atoms with Crippen molar-refractivity contribution in [3.05, 3.63) is 81.2 Å². The first-order valence-corrected chi connectivity index (χ1v) is 12.8. The highest BCUT2D eigenvalue weighted by molar-refractivity contribution is 5.82. The molecule has 0 bridgehead atoms. The number of H-pyrrole nitrogens is 1. The molecule has 4 rings (SSSR count). The molecule has 1 atom stereocenters. The molecule has 1 unspecified atom stereocenters. The van der Waals surface area contributed by atoms with Crippen LogP contribution >= 0.6 is 0 Å². The summed E-state index contributed by atoms with van der Waals surface area (Å²) in [6.07, 6.45) is 6.38. The third-order valence-corrected chi connectivity index (χ3v) is 7.09. The smallest absolute Gasteiger partial charge is 0.252 e. The lowest BCUT2D eigenvalue weighted by molar-refractivity contribution is 0.145. The molecule has 0 aliphatic heterocycles. The van der Waals surface area contributed by atoms with Gasteiger partial charge in [-0.15, -0.1) is 5.10 Å². The number of aromatic nitrogens is 6. The molecule has 4 aromatic rings. The number of nitrogens with zero attached hydrogens (tertiary/aromatic N) is 6. The van der Waals surface area contributed by atoms with E-state index in [1.54, 1.807) is 6.20 Å². The Morgan fingerprint density at radius 1 is 1.14 bits per heavy atom. The van der Waals surface area contributed by atoms with Crippen molar-refractivity contribution in [3.8, 4) is 0 Å². The fourth-order valence-corrected chi connectivity index (χ4v) is 4.80. The van der Waals surface area contributed by atoms with E-state index in [-0.39, 0.29) is 17.1 Å². The Bertz CT molecular complexity index is 1370. The summed E-state index contributed by atoms with van der Waals surface area (Å²) < 4.78 is 1.96. The van der Waals surface area contributed by atoms with Gasteiger partial charge in [0.05, 0.1) is 17.1 Å². The number of hydrogen-bond acceptors (Lipinski definition) is 6. The molecule has 0 amide bonds. The third-order valence-electron chi connectivity index (χ3n) is 7.09. The van der Waals surface area contributed by atoms with Crippen LogP contribution in [0.5, 0.6) is 0 Å². The summed E-state index contributed by atoms with van der Waals surface area (Å²) in [5, 5.41) is 14.0. The fraction of sp³-hybridized carbons (Fsp3) is 0.464. The summed E-state index contributed by atoms with van der Waals surface area (Å²) in [6, 6.07) is 10.2. The first-order chi connectivity index (χ1) is 17.2. The maximum Gasteiger partial charge on any atom is 0.252 e. The molecule has 0 radical (unpaired) electrons. The van der Waals surface area contributed by atoms with Crippen molar-refractivity contribution < 1.29 is 0 Å². The van der Waals surface area contributed by atoms with E-state index in [4.69, 9.17) is 0 Å². The van der Waals surface area contributed by atoms with Gasteiger partial charge in [-0.05, 0) is 85.7 Å². The zero-order valence-corrected chi connectivity index (χ0v) is 22.2. The Kier molecular flexibility index (Phi) is 7.64. The van der Waals surface area contributed by atoms with Gasteiger partial charge in [0.25, 0.3) is 5.56 Å². The highest BCUT2D eigenvalue weighted by atomic mass is 16.1. The Morgan fingerprint density at radius 2 is 1.94 bits per heavy atom. The van der Waals surface area contributed by atoms with Gasteiger partial charge < -0.3 is 4.98 Å². The minimum Gasteiger partial charge on any atom is -0.321 e. The summed E-state index contributed by atoms with van der Waals surface area (Å²) in [4.78, 5) is 23.0. The van der Waals surface area contributed by atoms with Crippen molar-refractivity contribution in [1.82, 2.24) is 35.1 Å². The largest absolute Gasteiger partial charge is 0.321 e. The van der Waals surface area contributed by atoms with Crippen molar-refractivity contribution in [2.24, 2.45) is 0 Å². The summed E-state index contributed by atoms with van der Waals surface area (Å²) in [7, 11) is 0. The van der Waals surface area contributed by atoms with Crippen LogP contribution in [0, 0.1) is 13.8 Å². The maximum atomic E-state index is 13.3. The lowest BCUT2D eigenvalue weighted by Crippen LogP contribution is -2.36. The Labute approximate surface area is 212 Å². The van der Waals surface area contributed by atoms with Crippen molar-refractivity contribution >= 4 is 10.9 Å². The van der Waals surface area contributed by atoms with Crippen molar-refractivity contribution in [2.45, 2.75) is 85.5 Å². The van der Waals surface area contributed by atoms with Crippen LogP contribution in [0.4, 0.5) is 0 Å². The number of aromatic amines is 1. The van der Waals surface area contributed by atoms with Crippen LogP contribution in [0.25, 0.3) is 10.9 Å². The summed E-state index contributed by atoms with van der Waals surface area (Å²) in [5.74, 6) is 0.830. The van der Waals surface area contributed by atoms with Crippen LogP contribution in [0.1, 0.15) is 81.1 Å². The van der Waals surface area contributed by atoms with E-state index in [2.05, 4.69) is 83.2 Å². The second-order valence-corrected chi connectivity index (χ2v) is 10.4. The van der Waals surface area contributed by atoms with E-state index >= 15 is 0 Å². The minimum atomic E-state index is -0.222. The lowest BCUT2D eigenvalue weighted by atomic mass is 10.00. The maximum absolute atomic E-state index is 13.3. The molecule has 190 valence electrons. The van der Waals surface area contributed by atoms with Crippen molar-refractivity contribution in [2.75, 3.05) is 0 Å². The second-order valence-electron chi connectivity index (χ2n) is 10.4. The molecule has 0 saturated carbocycles. The van der Waals surface area contributed by atoms with Gasteiger partial charge in [-0.3, -0.25) is 14.7 Å². The Morgan fingerprint density at radius 3 is 2.64 bits per heavy atom. The average molecular weight is 488 g/mol. The van der Waals surface area contributed by atoms with Gasteiger partial charge in [-0.25, -0.2) is 4.68 Å². The number of tetrazole rings is 1. The monoisotopic (exact) mass is 487 g/mol.